The molecule has 1 aliphatic rings. The van der Waals surface area contributed by atoms with Crippen LogP contribution in [0.3, 0.4) is 0 Å². The Labute approximate surface area is 114 Å². The van der Waals surface area contributed by atoms with Crippen LogP contribution in [0, 0.1) is 0 Å². The molecule has 1 unspecified atom stereocenters. The number of likely N-dealkylation sites (N-methyl/N-ethyl adjacent to an activating group) is 1. The van der Waals surface area contributed by atoms with Crippen molar-refractivity contribution in [3.8, 4) is 0 Å². The van der Waals surface area contributed by atoms with Crippen molar-refractivity contribution in [2.45, 2.75) is 32.7 Å². The fourth-order valence-corrected chi connectivity index (χ4v) is 2.03. The lowest BCUT2D eigenvalue weighted by molar-refractivity contribution is -0.146. The Balaban J connectivity index is 2.43. The first-order chi connectivity index (χ1) is 9.19. The molecule has 1 rings (SSSR count). The first-order valence-corrected chi connectivity index (χ1v) is 7.07. The largest absolute Gasteiger partial charge is 0.465 e. The number of hydrogen-bond acceptors (Lipinski definition) is 5. The number of carbonyl (C=O) groups is 2. The van der Waals surface area contributed by atoms with Gasteiger partial charge in [0.1, 0.15) is 6.04 Å². The minimum atomic E-state index is -0.285. The van der Waals surface area contributed by atoms with E-state index in [1.54, 1.807) is 0 Å². The maximum Gasteiger partial charge on any atom is 0.320 e. The van der Waals surface area contributed by atoms with E-state index < -0.39 is 0 Å². The van der Waals surface area contributed by atoms with Crippen LogP contribution in [-0.2, 0) is 14.3 Å². The summed E-state index contributed by atoms with van der Waals surface area (Å²) in [6.45, 7) is 7.24. The number of esters is 1. The fourth-order valence-electron chi connectivity index (χ4n) is 2.03. The molecular weight excluding hydrogens is 246 g/mol. The zero-order valence-corrected chi connectivity index (χ0v) is 11.9. The average Bonchev–Trinajstić information content (AvgIpc) is 2.40. The van der Waals surface area contributed by atoms with Gasteiger partial charge >= 0.3 is 5.97 Å². The van der Waals surface area contributed by atoms with Gasteiger partial charge in [-0.2, -0.15) is 0 Å². The van der Waals surface area contributed by atoms with Crippen molar-refractivity contribution in [2.24, 2.45) is 0 Å². The van der Waals surface area contributed by atoms with Gasteiger partial charge in [-0.3, -0.25) is 14.5 Å². The molecule has 1 saturated heterocycles. The van der Waals surface area contributed by atoms with Gasteiger partial charge in [0, 0.05) is 26.2 Å². The van der Waals surface area contributed by atoms with E-state index in [0.29, 0.717) is 26.2 Å². The molecule has 1 aliphatic heterocycles. The summed E-state index contributed by atoms with van der Waals surface area (Å²) in [7, 11) is 0. The molecule has 1 amide bonds. The van der Waals surface area contributed by atoms with Gasteiger partial charge in [-0.1, -0.05) is 13.3 Å². The first kappa shape index (κ1) is 15.9. The van der Waals surface area contributed by atoms with Gasteiger partial charge in [0.2, 0.25) is 5.91 Å². The summed E-state index contributed by atoms with van der Waals surface area (Å²) in [5.74, 6) is -0.277. The van der Waals surface area contributed by atoms with Crippen LogP contribution in [0.15, 0.2) is 0 Å². The minimum Gasteiger partial charge on any atom is -0.465 e. The normalized spacial score (nSPS) is 20.0. The number of unbranched alkanes of at least 4 members (excludes halogenated alkanes) is 1. The van der Waals surface area contributed by atoms with Crippen molar-refractivity contribution in [1.82, 2.24) is 15.5 Å². The van der Waals surface area contributed by atoms with E-state index in [4.69, 9.17) is 4.74 Å². The number of nitrogens with one attached hydrogen (secondary N) is 2. The number of amides is 1. The highest BCUT2D eigenvalue weighted by molar-refractivity contribution is 5.83. The molecule has 0 bridgehead atoms. The minimum absolute atomic E-state index is 0.0314. The molecule has 0 aromatic rings. The summed E-state index contributed by atoms with van der Waals surface area (Å²) in [5.41, 5.74) is 0. The third-order valence-corrected chi connectivity index (χ3v) is 3.10. The molecule has 0 spiro atoms. The highest BCUT2D eigenvalue weighted by Gasteiger charge is 2.29. The van der Waals surface area contributed by atoms with Crippen LogP contribution in [0.1, 0.15) is 26.7 Å². The third-order valence-electron chi connectivity index (χ3n) is 3.10. The molecule has 0 aromatic carbocycles. The van der Waals surface area contributed by atoms with E-state index in [-0.39, 0.29) is 24.5 Å². The van der Waals surface area contributed by atoms with Crippen LogP contribution in [-0.4, -0.2) is 62.1 Å². The van der Waals surface area contributed by atoms with Crippen LogP contribution in [0.25, 0.3) is 0 Å². The van der Waals surface area contributed by atoms with Gasteiger partial charge in [-0.15, -0.1) is 0 Å². The summed E-state index contributed by atoms with van der Waals surface area (Å²) >= 11 is 0. The quantitative estimate of drug-likeness (QED) is 0.493. The van der Waals surface area contributed by atoms with E-state index in [9.17, 15) is 9.59 Å². The SMILES string of the molecule is CCCCOC(=O)CN1CCNCC1C(=O)NCC. The van der Waals surface area contributed by atoms with E-state index >= 15 is 0 Å². The van der Waals surface area contributed by atoms with Crippen LogP contribution in [0.4, 0.5) is 0 Å². The molecule has 1 fully saturated rings. The maximum absolute atomic E-state index is 11.9. The molecule has 0 saturated carbocycles. The maximum atomic E-state index is 11.9. The number of rotatable bonds is 7. The molecule has 1 atom stereocenters. The molecule has 6 nitrogen and oxygen atoms in total. The smallest absolute Gasteiger partial charge is 0.320 e. The zero-order valence-electron chi connectivity index (χ0n) is 11.9. The number of nitrogens with zero attached hydrogens (tertiary/aromatic N) is 1. The van der Waals surface area contributed by atoms with Crippen molar-refractivity contribution in [2.75, 3.05) is 39.3 Å². The molecule has 0 aromatic heterocycles. The van der Waals surface area contributed by atoms with Crippen molar-refractivity contribution < 1.29 is 14.3 Å². The van der Waals surface area contributed by atoms with Gasteiger partial charge in [0.25, 0.3) is 0 Å². The molecule has 6 heteroatoms. The topological polar surface area (TPSA) is 70.7 Å². The standard InChI is InChI=1S/C13H25N3O3/c1-3-5-8-19-12(17)10-16-7-6-14-9-11(16)13(18)15-4-2/h11,14H,3-10H2,1-2H3,(H,15,18). The fraction of sp³-hybridized carbons (Fsp3) is 0.846. The predicted octanol–water partition coefficient (Wildman–Crippen LogP) is -0.260. The number of hydrogen-bond donors (Lipinski definition) is 2. The molecule has 110 valence electrons. The zero-order chi connectivity index (χ0) is 14.1. The van der Waals surface area contributed by atoms with Crippen molar-refractivity contribution in [3.63, 3.8) is 0 Å². The van der Waals surface area contributed by atoms with E-state index in [1.165, 1.54) is 0 Å². The number of ether oxygens (including phenoxy) is 1. The van der Waals surface area contributed by atoms with Crippen LogP contribution < -0.4 is 10.6 Å². The van der Waals surface area contributed by atoms with Crippen LogP contribution >= 0.6 is 0 Å². The van der Waals surface area contributed by atoms with Crippen molar-refractivity contribution >= 4 is 11.9 Å². The summed E-state index contributed by atoms with van der Waals surface area (Å²) in [5, 5.41) is 5.97. The predicted molar refractivity (Wildman–Crippen MR) is 72.8 cm³/mol. The Morgan fingerprint density at radius 3 is 2.89 bits per heavy atom. The van der Waals surface area contributed by atoms with Gasteiger partial charge in [0.05, 0.1) is 13.2 Å². The van der Waals surface area contributed by atoms with E-state index in [1.807, 2.05) is 11.8 Å². The second kappa shape index (κ2) is 8.87. The van der Waals surface area contributed by atoms with Crippen LogP contribution in [0.5, 0.6) is 0 Å². The third kappa shape index (κ3) is 5.57. The Kier molecular flexibility index (Phi) is 7.43. The van der Waals surface area contributed by atoms with Gasteiger partial charge < -0.3 is 15.4 Å². The van der Waals surface area contributed by atoms with Gasteiger partial charge in [-0.05, 0) is 13.3 Å². The lowest BCUT2D eigenvalue weighted by atomic mass is 10.1. The molecule has 19 heavy (non-hydrogen) atoms. The summed E-state index contributed by atoms with van der Waals surface area (Å²) in [6.07, 6.45) is 1.88. The lowest BCUT2D eigenvalue weighted by Crippen LogP contribution is -2.58. The van der Waals surface area contributed by atoms with Crippen LogP contribution in [0.2, 0.25) is 0 Å². The Bertz CT molecular complexity index is 297. The lowest BCUT2D eigenvalue weighted by Gasteiger charge is -2.34. The molecule has 0 aliphatic carbocycles. The van der Waals surface area contributed by atoms with Gasteiger partial charge in [0.15, 0.2) is 0 Å². The summed E-state index contributed by atoms with van der Waals surface area (Å²) < 4.78 is 5.14. The average molecular weight is 271 g/mol. The van der Waals surface area contributed by atoms with E-state index in [2.05, 4.69) is 17.6 Å². The molecule has 0 radical (unpaired) electrons. The summed E-state index contributed by atoms with van der Waals surface area (Å²) in [6, 6.07) is -0.285. The number of piperazine rings is 1. The molecular formula is C13H25N3O3. The Hall–Kier alpha value is -1.14. The van der Waals surface area contributed by atoms with Crippen molar-refractivity contribution in [3.05, 3.63) is 0 Å². The van der Waals surface area contributed by atoms with E-state index in [0.717, 1.165) is 19.4 Å². The van der Waals surface area contributed by atoms with Crippen molar-refractivity contribution in [1.29, 1.82) is 0 Å². The highest BCUT2D eigenvalue weighted by atomic mass is 16.5. The molecule has 1 heterocycles. The second-order valence-corrected chi connectivity index (χ2v) is 4.66. The molecule has 2 N–H and O–H groups in total. The first-order valence-electron chi connectivity index (χ1n) is 7.07. The summed E-state index contributed by atoms with van der Waals surface area (Å²) in [4.78, 5) is 25.5. The Morgan fingerprint density at radius 2 is 2.21 bits per heavy atom. The highest BCUT2D eigenvalue weighted by Crippen LogP contribution is 2.04. The van der Waals surface area contributed by atoms with Gasteiger partial charge in [-0.25, -0.2) is 0 Å². The monoisotopic (exact) mass is 271 g/mol. The second-order valence-electron chi connectivity index (χ2n) is 4.66. The number of carbonyl (C=O) groups excluding carboxylic acids is 2. The Morgan fingerprint density at radius 1 is 1.42 bits per heavy atom.